The summed E-state index contributed by atoms with van der Waals surface area (Å²) in [5.74, 6) is 2.66. The first kappa shape index (κ1) is 15.8. The van der Waals surface area contributed by atoms with Crippen molar-refractivity contribution in [3.8, 4) is 16.8 Å². The van der Waals surface area contributed by atoms with Crippen LogP contribution >= 0.6 is 11.3 Å². The fourth-order valence-corrected chi connectivity index (χ4v) is 3.88. The predicted octanol–water partition coefficient (Wildman–Crippen LogP) is 3.66. The standard InChI is InChI=1S/C17H17N5O2S/c1-10-3-4-14(25-10)15-20-16(24-21-15)12-5-7-22(8-6-12)17-13(9-18)19-11(2)23-17/h3-4,12H,5-8H2,1-2H3. The van der Waals surface area contributed by atoms with Gasteiger partial charge in [0.1, 0.15) is 6.07 Å². The first-order valence-corrected chi connectivity index (χ1v) is 8.98. The summed E-state index contributed by atoms with van der Waals surface area (Å²) in [7, 11) is 0. The van der Waals surface area contributed by atoms with E-state index < -0.39 is 0 Å². The van der Waals surface area contributed by atoms with Crippen LogP contribution in [0, 0.1) is 25.2 Å². The molecule has 0 atom stereocenters. The van der Waals surface area contributed by atoms with Crippen molar-refractivity contribution in [2.24, 2.45) is 0 Å². The molecule has 3 aromatic heterocycles. The Morgan fingerprint density at radius 2 is 2.04 bits per heavy atom. The van der Waals surface area contributed by atoms with Crippen LogP contribution in [0.1, 0.15) is 41.1 Å². The van der Waals surface area contributed by atoms with Gasteiger partial charge < -0.3 is 13.8 Å². The minimum absolute atomic E-state index is 0.230. The average Bonchev–Trinajstić information content (AvgIpc) is 3.34. The van der Waals surface area contributed by atoms with Crippen molar-refractivity contribution in [3.05, 3.63) is 34.5 Å². The zero-order chi connectivity index (χ0) is 17.4. The number of oxazole rings is 1. The molecular weight excluding hydrogens is 338 g/mol. The summed E-state index contributed by atoms with van der Waals surface area (Å²) >= 11 is 1.66. The lowest BCUT2D eigenvalue weighted by molar-refractivity contribution is 0.326. The van der Waals surface area contributed by atoms with Gasteiger partial charge in [-0.2, -0.15) is 10.2 Å². The average molecular weight is 355 g/mol. The van der Waals surface area contributed by atoms with Crippen LogP contribution in [0.25, 0.3) is 10.7 Å². The number of piperidine rings is 1. The van der Waals surface area contributed by atoms with Crippen LogP contribution in [0.2, 0.25) is 0 Å². The van der Waals surface area contributed by atoms with Crippen LogP contribution in [0.3, 0.4) is 0 Å². The molecule has 25 heavy (non-hydrogen) atoms. The number of nitrogens with zero attached hydrogens (tertiary/aromatic N) is 5. The second-order valence-corrected chi connectivity index (χ2v) is 7.41. The monoisotopic (exact) mass is 355 g/mol. The maximum absolute atomic E-state index is 9.17. The molecule has 0 spiro atoms. The fourth-order valence-electron chi connectivity index (χ4n) is 3.09. The second kappa shape index (κ2) is 6.33. The number of aryl methyl sites for hydroxylation is 2. The third kappa shape index (κ3) is 3.03. The molecule has 4 heterocycles. The number of rotatable bonds is 3. The number of thiophene rings is 1. The molecule has 1 aliphatic rings. The summed E-state index contributed by atoms with van der Waals surface area (Å²) < 4.78 is 11.1. The van der Waals surface area contributed by atoms with Crippen LogP contribution in [0.15, 0.2) is 21.1 Å². The highest BCUT2D eigenvalue weighted by Gasteiger charge is 2.28. The lowest BCUT2D eigenvalue weighted by Crippen LogP contribution is -2.33. The largest absolute Gasteiger partial charge is 0.424 e. The second-order valence-electron chi connectivity index (χ2n) is 6.13. The van der Waals surface area contributed by atoms with Gasteiger partial charge in [0.25, 0.3) is 0 Å². The van der Waals surface area contributed by atoms with E-state index in [1.54, 1.807) is 18.3 Å². The Kier molecular flexibility index (Phi) is 4.01. The zero-order valence-corrected chi connectivity index (χ0v) is 14.8. The zero-order valence-electron chi connectivity index (χ0n) is 14.0. The fraction of sp³-hybridized carbons (Fsp3) is 0.412. The van der Waals surface area contributed by atoms with Gasteiger partial charge in [-0.1, -0.05) is 5.16 Å². The van der Waals surface area contributed by atoms with Gasteiger partial charge in [-0.3, -0.25) is 0 Å². The number of hydrogen-bond donors (Lipinski definition) is 0. The lowest BCUT2D eigenvalue weighted by atomic mass is 9.97. The third-order valence-corrected chi connectivity index (χ3v) is 5.35. The van der Waals surface area contributed by atoms with Gasteiger partial charge in [0, 0.05) is 30.8 Å². The summed E-state index contributed by atoms with van der Waals surface area (Å²) in [5.41, 5.74) is 0.351. The molecule has 1 fully saturated rings. The van der Waals surface area contributed by atoms with Gasteiger partial charge in [0.15, 0.2) is 5.89 Å². The first-order chi connectivity index (χ1) is 12.1. The van der Waals surface area contributed by atoms with Crippen LogP contribution in [-0.2, 0) is 0 Å². The minimum atomic E-state index is 0.230. The van der Waals surface area contributed by atoms with E-state index in [1.165, 1.54) is 4.88 Å². The van der Waals surface area contributed by atoms with E-state index in [0.717, 1.165) is 30.8 Å². The smallest absolute Gasteiger partial charge is 0.234 e. The topological polar surface area (TPSA) is 92.0 Å². The maximum atomic E-state index is 9.17. The molecule has 7 nitrogen and oxygen atoms in total. The molecule has 0 bridgehead atoms. The Morgan fingerprint density at radius 3 is 2.72 bits per heavy atom. The van der Waals surface area contributed by atoms with Crippen LogP contribution in [-0.4, -0.2) is 28.2 Å². The van der Waals surface area contributed by atoms with Crippen LogP contribution in [0.4, 0.5) is 5.88 Å². The molecule has 0 radical (unpaired) electrons. The van der Waals surface area contributed by atoms with Crippen molar-refractivity contribution >= 4 is 17.2 Å². The van der Waals surface area contributed by atoms with E-state index in [1.807, 2.05) is 6.07 Å². The molecule has 4 rings (SSSR count). The minimum Gasteiger partial charge on any atom is -0.424 e. The number of anilines is 1. The van der Waals surface area contributed by atoms with Gasteiger partial charge in [-0.05, 0) is 31.9 Å². The van der Waals surface area contributed by atoms with Crippen molar-refractivity contribution in [2.75, 3.05) is 18.0 Å². The van der Waals surface area contributed by atoms with Crippen molar-refractivity contribution < 1.29 is 8.94 Å². The van der Waals surface area contributed by atoms with Gasteiger partial charge >= 0.3 is 0 Å². The molecule has 0 aromatic carbocycles. The number of nitriles is 1. The highest BCUT2D eigenvalue weighted by Crippen LogP contribution is 2.33. The van der Waals surface area contributed by atoms with Crippen molar-refractivity contribution in [1.82, 2.24) is 15.1 Å². The summed E-state index contributed by atoms with van der Waals surface area (Å²) in [6, 6.07) is 6.17. The van der Waals surface area contributed by atoms with E-state index in [4.69, 9.17) is 8.94 Å². The molecule has 1 aliphatic heterocycles. The van der Waals surface area contributed by atoms with Crippen molar-refractivity contribution in [3.63, 3.8) is 0 Å². The van der Waals surface area contributed by atoms with Gasteiger partial charge in [0.05, 0.1) is 4.88 Å². The Hall–Kier alpha value is -2.66. The van der Waals surface area contributed by atoms with E-state index >= 15 is 0 Å². The first-order valence-electron chi connectivity index (χ1n) is 8.17. The summed E-state index contributed by atoms with van der Waals surface area (Å²) in [4.78, 5) is 13.0. The van der Waals surface area contributed by atoms with Crippen LogP contribution < -0.4 is 4.90 Å². The molecule has 0 N–H and O–H groups in total. The maximum Gasteiger partial charge on any atom is 0.234 e. The van der Waals surface area contributed by atoms with E-state index in [0.29, 0.717) is 29.2 Å². The lowest BCUT2D eigenvalue weighted by Gasteiger charge is -2.29. The Morgan fingerprint density at radius 1 is 1.24 bits per heavy atom. The Bertz CT molecular complexity index is 927. The quantitative estimate of drug-likeness (QED) is 0.708. The third-order valence-electron chi connectivity index (χ3n) is 4.36. The summed E-state index contributed by atoms with van der Waals surface area (Å²) in [6.07, 6.45) is 1.74. The molecule has 0 amide bonds. The molecule has 0 aliphatic carbocycles. The van der Waals surface area contributed by atoms with Crippen molar-refractivity contribution in [1.29, 1.82) is 5.26 Å². The molecule has 0 unspecified atom stereocenters. The molecule has 0 saturated carbocycles. The summed E-state index contributed by atoms with van der Waals surface area (Å²) in [6.45, 7) is 5.35. The van der Waals surface area contributed by atoms with E-state index in [9.17, 15) is 5.26 Å². The van der Waals surface area contributed by atoms with Gasteiger partial charge in [0.2, 0.25) is 23.3 Å². The normalized spacial score (nSPS) is 15.5. The van der Waals surface area contributed by atoms with E-state index in [-0.39, 0.29) is 5.92 Å². The Labute approximate surface area is 148 Å². The molecule has 128 valence electrons. The number of aromatic nitrogens is 3. The van der Waals surface area contributed by atoms with Crippen LogP contribution in [0.5, 0.6) is 0 Å². The predicted molar refractivity (Wildman–Crippen MR) is 92.5 cm³/mol. The molecule has 8 heteroatoms. The number of hydrogen-bond acceptors (Lipinski definition) is 8. The SMILES string of the molecule is Cc1nc(C#N)c(N2CCC(c3nc(-c4ccc(C)s4)no3)CC2)o1. The highest BCUT2D eigenvalue weighted by molar-refractivity contribution is 7.15. The Balaban J connectivity index is 1.45. The highest BCUT2D eigenvalue weighted by atomic mass is 32.1. The van der Waals surface area contributed by atoms with Crippen molar-refractivity contribution in [2.45, 2.75) is 32.6 Å². The summed E-state index contributed by atoms with van der Waals surface area (Å²) in [5, 5.41) is 13.3. The molecular formula is C17H17N5O2S. The van der Waals surface area contributed by atoms with Gasteiger partial charge in [-0.25, -0.2) is 4.98 Å². The molecule has 1 saturated heterocycles. The van der Waals surface area contributed by atoms with E-state index in [2.05, 4.69) is 39.1 Å². The molecule has 3 aromatic rings. The van der Waals surface area contributed by atoms with Gasteiger partial charge in [-0.15, -0.1) is 11.3 Å².